The van der Waals surface area contributed by atoms with Gasteiger partial charge in [-0.25, -0.2) is 8.78 Å². The van der Waals surface area contributed by atoms with Crippen molar-refractivity contribution < 1.29 is 18.7 Å². The topological polar surface area (TPSA) is 85.0 Å². The number of hydrogen-bond acceptors (Lipinski definition) is 4. The van der Waals surface area contributed by atoms with Gasteiger partial charge in [-0.05, 0) is 38.1 Å². The van der Waals surface area contributed by atoms with Crippen LogP contribution in [0, 0.1) is 11.6 Å². The maximum Gasteiger partial charge on any atom is 0.257 e. The molecule has 5 rings (SSSR count). The molecule has 0 atom stereocenters. The number of carbonyl (C=O) groups is 1. The zero-order chi connectivity index (χ0) is 26.2. The van der Waals surface area contributed by atoms with Crippen molar-refractivity contribution in [3.05, 3.63) is 113 Å². The fourth-order valence-electron chi connectivity index (χ4n) is 4.63. The lowest BCUT2D eigenvalue weighted by atomic mass is 9.82. The van der Waals surface area contributed by atoms with Gasteiger partial charge >= 0.3 is 0 Å². The summed E-state index contributed by atoms with van der Waals surface area (Å²) in [4.78, 5) is 17.4. The Kier molecular flexibility index (Phi) is 6.31. The number of aromatic nitrogens is 4. The Morgan fingerprint density at radius 1 is 0.973 bits per heavy atom. The molecule has 2 N–H and O–H groups in total. The first-order valence-electron chi connectivity index (χ1n) is 11.9. The van der Waals surface area contributed by atoms with Crippen LogP contribution in [0.4, 0.5) is 14.5 Å². The molecule has 0 spiro atoms. The van der Waals surface area contributed by atoms with E-state index in [-0.39, 0.29) is 28.3 Å². The molecule has 2 aromatic carbocycles. The van der Waals surface area contributed by atoms with Gasteiger partial charge < -0.3 is 15.0 Å². The Labute approximate surface area is 212 Å². The number of amides is 1. The standard InChI is InChI=1S/C28H25F2N5O2/c1-3-34-17-19(16-32-34)33-27(36)18-13-25-24(31-15-18)14-26(35(25)4-2)28(37,20-9-5-7-11-22(20)29)21-10-6-8-12-23(21)30/h5-17,37H,3-4H2,1-2H3,(H,33,36). The Bertz CT molecular complexity index is 1560. The molecule has 0 unspecified atom stereocenters. The lowest BCUT2D eigenvalue weighted by Gasteiger charge is -2.31. The zero-order valence-electron chi connectivity index (χ0n) is 20.3. The van der Waals surface area contributed by atoms with Crippen molar-refractivity contribution in [2.75, 3.05) is 5.32 Å². The second kappa shape index (κ2) is 9.59. The highest BCUT2D eigenvalue weighted by Crippen LogP contribution is 2.41. The van der Waals surface area contributed by atoms with Crippen LogP contribution in [0.15, 0.2) is 79.3 Å². The number of aliphatic hydroxyl groups is 1. The molecule has 7 nitrogen and oxygen atoms in total. The summed E-state index contributed by atoms with van der Waals surface area (Å²) in [6.07, 6.45) is 4.71. The molecule has 0 saturated heterocycles. The van der Waals surface area contributed by atoms with E-state index in [0.717, 1.165) is 0 Å². The van der Waals surface area contributed by atoms with E-state index in [4.69, 9.17) is 0 Å². The highest BCUT2D eigenvalue weighted by Gasteiger charge is 2.41. The number of benzene rings is 2. The maximum absolute atomic E-state index is 15.1. The first-order valence-corrected chi connectivity index (χ1v) is 11.9. The van der Waals surface area contributed by atoms with Crippen molar-refractivity contribution in [1.29, 1.82) is 0 Å². The maximum atomic E-state index is 15.1. The molecule has 0 aliphatic carbocycles. The molecular formula is C28H25F2N5O2. The van der Waals surface area contributed by atoms with Crippen LogP contribution in [-0.4, -0.2) is 30.3 Å². The summed E-state index contributed by atoms with van der Waals surface area (Å²) in [5, 5.41) is 19.1. The predicted molar refractivity (Wildman–Crippen MR) is 136 cm³/mol. The van der Waals surface area contributed by atoms with Gasteiger partial charge in [0.25, 0.3) is 5.91 Å². The summed E-state index contributed by atoms with van der Waals surface area (Å²) < 4.78 is 33.6. The Balaban J connectivity index is 1.66. The number of nitrogens with one attached hydrogen (secondary N) is 1. The largest absolute Gasteiger partial charge is 0.374 e. The lowest BCUT2D eigenvalue weighted by Crippen LogP contribution is -2.33. The normalized spacial score (nSPS) is 11.7. The van der Waals surface area contributed by atoms with Crippen molar-refractivity contribution in [2.24, 2.45) is 0 Å². The molecule has 3 heterocycles. The predicted octanol–water partition coefficient (Wildman–Crippen LogP) is 5.09. The Morgan fingerprint density at radius 2 is 1.62 bits per heavy atom. The number of pyridine rings is 1. The number of anilines is 1. The van der Waals surface area contributed by atoms with Crippen LogP contribution in [-0.2, 0) is 18.7 Å². The minimum absolute atomic E-state index is 0.0940. The van der Waals surface area contributed by atoms with Gasteiger partial charge in [0.1, 0.15) is 11.6 Å². The molecule has 0 saturated carbocycles. The number of rotatable bonds is 7. The van der Waals surface area contributed by atoms with E-state index >= 15 is 8.78 Å². The first kappa shape index (κ1) is 24.3. The second-order valence-electron chi connectivity index (χ2n) is 8.61. The van der Waals surface area contributed by atoms with Crippen molar-refractivity contribution >= 4 is 22.6 Å². The van der Waals surface area contributed by atoms with Crippen LogP contribution in [0.25, 0.3) is 11.0 Å². The van der Waals surface area contributed by atoms with Crippen LogP contribution in [0.3, 0.4) is 0 Å². The monoisotopic (exact) mass is 501 g/mol. The smallest absolute Gasteiger partial charge is 0.257 e. The number of hydrogen-bond donors (Lipinski definition) is 2. The molecule has 0 bridgehead atoms. The van der Waals surface area contributed by atoms with E-state index in [1.807, 2.05) is 13.8 Å². The molecule has 0 radical (unpaired) electrons. The van der Waals surface area contributed by atoms with Crippen molar-refractivity contribution in [3.63, 3.8) is 0 Å². The molecule has 37 heavy (non-hydrogen) atoms. The number of halogens is 2. The zero-order valence-corrected chi connectivity index (χ0v) is 20.3. The molecule has 0 fully saturated rings. The number of carbonyl (C=O) groups excluding carboxylic acids is 1. The number of nitrogens with zero attached hydrogens (tertiary/aromatic N) is 4. The molecule has 0 aliphatic heterocycles. The summed E-state index contributed by atoms with van der Waals surface area (Å²) in [5.74, 6) is -1.74. The third-order valence-corrected chi connectivity index (χ3v) is 6.44. The van der Waals surface area contributed by atoms with Crippen LogP contribution in [0.1, 0.15) is 41.0 Å². The summed E-state index contributed by atoms with van der Waals surface area (Å²) in [6, 6.07) is 14.8. The number of fused-ring (bicyclic) bond motifs is 1. The lowest BCUT2D eigenvalue weighted by molar-refractivity contribution is 0.102. The van der Waals surface area contributed by atoms with E-state index in [1.54, 1.807) is 45.9 Å². The van der Waals surface area contributed by atoms with E-state index < -0.39 is 17.2 Å². The highest BCUT2D eigenvalue weighted by atomic mass is 19.1. The number of aryl methyl sites for hydroxylation is 2. The molecule has 0 aliphatic rings. The molecular weight excluding hydrogens is 476 g/mol. The van der Waals surface area contributed by atoms with E-state index in [2.05, 4.69) is 15.4 Å². The second-order valence-corrected chi connectivity index (χ2v) is 8.61. The van der Waals surface area contributed by atoms with Gasteiger partial charge in [0.15, 0.2) is 5.60 Å². The van der Waals surface area contributed by atoms with E-state index in [9.17, 15) is 9.90 Å². The molecule has 188 valence electrons. The highest BCUT2D eigenvalue weighted by molar-refractivity contribution is 6.05. The third-order valence-electron chi connectivity index (χ3n) is 6.44. The van der Waals surface area contributed by atoms with Crippen LogP contribution in [0.2, 0.25) is 0 Å². The summed E-state index contributed by atoms with van der Waals surface area (Å²) in [5.41, 5.74) is -0.270. The Morgan fingerprint density at radius 3 is 2.19 bits per heavy atom. The molecule has 5 aromatic rings. The van der Waals surface area contributed by atoms with E-state index in [1.165, 1.54) is 42.6 Å². The first-order chi connectivity index (χ1) is 17.9. The Hall–Kier alpha value is -4.37. The van der Waals surface area contributed by atoms with Crippen LogP contribution >= 0.6 is 0 Å². The summed E-state index contributed by atoms with van der Waals surface area (Å²) in [7, 11) is 0. The van der Waals surface area contributed by atoms with Crippen molar-refractivity contribution in [3.8, 4) is 0 Å². The quantitative estimate of drug-likeness (QED) is 0.326. The molecule has 9 heteroatoms. The van der Waals surface area contributed by atoms with E-state index in [0.29, 0.717) is 29.8 Å². The van der Waals surface area contributed by atoms with Gasteiger partial charge in [-0.2, -0.15) is 5.10 Å². The van der Waals surface area contributed by atoms with Crippen molar-refractivity contribution in [2.45, 2.75) is 32.5 Å². The minimum Gasteiger partial charge on any atom is -0.374 e. The average Bonchev–Trinajstić information content (AvgIpc) is 3.52. The minimum atomic E-state index is -2.16. The fourth-order valence-corrected chi connectivity index (χ4v) is 4.63. The van der Waals surface area contributed by atoms with Crippen molar-refractivity contribution in [1.82, 2.24) is 19.3 Å². The molecule has 1 amide bonds. The fraction of sp³-hybridized carbons (Fsp3) is 0.179. The van der Waals surface area contributed by atoms with Gasteiger partial charge in [0.2, 0.25) is 0 Å². The van der Waals surface area contributed by atoms with Gasteiger partial charge in [0.05, 0.1) is 34.2 Å². The van der Waals surface area contributed by atoms with Gasteiger partial charge in [-0.1, -0.05) is 36.4 Å². The summed E-state index contributed by atoms with van der Waals surface area (Å²) >= 11 is 0. The third kappa shape index (κ3) is 4.17. The SMILES string of the molecule is CCn1cc(NC(=O)c2cnc3cc(C(O)(c4ccccc4F)c4ccccc4F)n(CC)c3c2)cn1. The van der Waals surface area contributed by atoms with Gasteiger partial charge in [-0.3, -0.25) is 14.5 Å². The van der Waals surface area contributed by atoms with Crippen LogP contribution in [0.5, 0.6) is 0 Å². The summed E-state index contributed by atoms with van der Waals surface area (Å²) in [6.45, 7) is 4.80. The van der Waals surface area contributed by atoms with Gasteiger partial charge in [-0.15, -0.1) is 0 Å². The average molecular weight is 502 g/mol. The van der Waals surface area contributed by atoms with Crippen LogP contribution < -0.4 is 5.32 Å². The molecule has 3 aromatic heterocycles. The van der Waals surface area contributed by atoms with Gasteiger partial charge in [0, 0.05) is 36.6 Å².